The molecule has 5 nitrogen and oxygen atoms in total. The summed E-state index contributed by atoms with van der Waals surface area (Å²) in [6.07, 6.45) is -5.79. The van der Waals surface area contributed by atoms with Gasteiger partial charge in [0.15, 0.2) is 5.60 Å². The van der Waals surface area contributed by atoms with Crippen LogP contribution in [0.15, 0.2) is 41.2 Å². The molecule has 4 N–H and O–H groups in total. The number of anilines is 1. The number of phenols is 1. The Hall–Kier alpha value is -2.78. The molecule has 1 heterocycles. The predicted molar refractivity (Wildman–Crippen MR) is 108 cm³/mol. The lowest BCUT2D eigenvalue weighted by atomic mass is 9.70. The highest BCUT2D eigenvalue weighted by Gasteiger charge is 2.62. The SMILES string of the molecule is C[C@@H]1C[C@@](O)(C(F)(F)F)[C@H](Nc2cc(F)cc3[nH]c(=O)ccc23)c2ccc(Cl)c(O)c21. The Labute approximate surface area is 178 Å². The van der Waals surface area contributed by atoms with Gasteiger partial charge in [-0.3, -0.25) is 4.79 Å². The molecule has 164 valence electrons. The maximum absolute atomic E-state index is 14.2. The van der Waals surface area contributed by atoms with Crippen molar-refractivity contribution in [3.05, 3.63) is 68.7 Å². The lowest BCUT2D eigenvalue weighted by Crippen LogP contribution is -2.55. The molecule has 1 aromatic heterocycles. The van der Waals surface area contributed by atoms with Crippen molar-refractivity contribution in [3.8, 4) is 5.75 Å². The van der Waals surface area contributed by atoms with E-state index in [1.807, 2.05) is 0 Å². The molecule has 0 saturated heterocycles. The van der Waals surface area contributed by atoms with Crippen molar-refractivity contribution in [2.45, 2.75) is 37.1 Å². The van der Waals surface area contributed by atoms with Crippen molar-refractivity contribution in [3.63, 3.8) is 0 Å². The summed E-state index contributed by atoms with van der Waals surface area (Å²) in [5.41, 5.74) is -3.55. The van der Waals surface area contributed by atoms with E-state index in [0.29, 0.717) is 0 Å². The number of hydrogen-bond donors (Lipinski definition) is 4. The number of aliphatic hydroxyl groups is 1. The third-order valence-corrected chi connectivity index (χ3v) is 6.00. The second-order valence-electron chi connectivity index (χ2n) is 7.74. The summed E-state index contributed by atoms with van der Waals surface area (Å²) in [7, 11) is 0. The lowest BCUT2D eigenvalue weighted by Gasteiger charge is -2.45. The second kappa shape index (κ2) is 7.13. The van der Waals surface area contributed by atoms with Gasteiger partial charge in [0.1, 0.15) is 11.6 Å². The molecule has 0 spiro atoms. The van der Waals surface area contributed by atoms with Crippen LogP contribution in [-0.2, 0) is 0 Å². The lowest BCUT2D eigenvalue weighted by molar-refractivity contribution is -0.272. The molecule has 3 atom stereocenters. The number of aromatic amines is 1. The number of hydrogen-bond acceptors (Lipinski definition) is 4. The second-order valence-corrected chi connectivity index (χ2v) is 8.15. The molecule has 4 rings (SSSR count). The van der Waals surface area contributed by atoms with Crippen molar-refractivity contribution in [2.24, 2.45) is 0 Å². The van der Waals surface area contributed by atoms with Crippen molar-refractivity contribution < 1.29 is 27.8 Å². The quantitative estimate of drug-likeness (QED) is 0.410. The summed E-state index contributed by atoms with van der Waals surface area (Å²) < 4.78 is 56.4. The van der Waals surface area contributed by atoms with E-state index in [9.17, 15) is 32.6 Å². The first-order valence-electron chi connectivity index (χ1n) is 9.32. The van der Waals surface area contributed by atoms with Crippen LogP contribution >= 0.6 is 11.6 Å². The van der Waals surface area contributed by atoms with E-state index in [0.717, 1.165) is 18.2 Å². The fourth-order valence-electron chi connectivity index (χ4n) is 4.30. The van der Waals surface area contributed by atoms with Crippen molar-refractivity contribution >= 4 is 28.2 Å². The fourth-order valence-corrected chi connectivity index (χ4v) is 4.46. The van der Waals surface area contributed by atoms with Crippen LogP contribution in [0.25, 0.3) is 10.9 Å². The summed E-state index contributed by atoms with van der Waals surface area (Å²) in [6, 6.07) is 5.27. The van der Waals surface area contributed by atoms with Gasteiger partial charge in [0.25, 0.3) is 0 Å². The van der Waals surface area contributed by atoms with Gasteiger partial charge >= 0.3 is 6.18 Å². The van der Waals surface area contributed by atoms with Gasteiger partial charge in [-0.15, -0.1) is 0 Å². The van der Waals surface area contributed by atoms with E-state index in [1.165, 1.54) is 25.1 Å². The number of aromatic hydroxyl groups is 1. The third-order valence-electron chi connectivity index (χ3n) is 5.70. The largest absolute Gasteiger partial charge is 0.506 e. The number of alkyl halides is 3. The Bertz CT molecular complexity index is 1240. The molecule has 31 heavy (non-hydrogen) atoms. The van der Waals surface area contributed by atoms with Gasteiger partial charge in [-0.1, -0.05) is 24.6 Å². The summed E-state index contributed by atoms with van der Waals surface area (Å²) in [6.45, 7) is 1.45. The highest BCUT2D eigenvalue weighted by Crippen LogP contribution is 2.55. The number of halogens is 5. The summed E-state index contributed by atoms with van der Waals surface area (Å²) >= 11 is 5.96. The number of rotatable bonds is 2. The average molecular weight is 457 g/mol. The number of phenolic OH excluding ortho intramolecular Hbond substituents is 1. The van der Waals surface area contributed by atoms with Gasteiger partial charge in [-0.05, 0) is 42.2 Å². The third kappa shape index (κ3) is 3.41. The summed E-state index contributed by atoms with van der Waals surface area (Å²) in [5, 5.41) is 24.1. The molecule has 0 fully saturated rings. The number of benzene rings is 2. The summed E-state index contributed by atoms with van der Waals surface area (Å²) in [5.74, 6) is -2.02. The van der Waals surface area contributed by atoms with Crippen LogP contribution in [0.3, 0.4) is 0 Å². The molecule has 1 aliphatic carbocycles. The monoisotopic (exact) mass is 456 g/mol. The van der Waals surface area contributed by atoms with Crippen LogP contribution in [0.2, 0.25) is 5.02 Å². The van der Waals surface area contributed by atoms with Crippen LogP contribution in [0.1, 0.15) is 36.4 Å². The minimum Gasteiger partial charge on any atom is -0.506 e. The molecule has 10 heteroatoms. The maximum Gasteiger partial charge on any atom is 0.419 e. The average Bonchev–Trinajstić information content (AvgIpc) is 2.65. The minimum atomic E-state index is -5.04. The topological polar surface area (TPSA) is 85.4 Å². The minimum absolute atomic E-state index is 0.0117. The highest BCUT2D eigenvalue weighted by atomic mass is 35.5. The van der Waals surface area contributed by atoms with Gasteiger partial charge in [-0.2, -0.15) is 13.2 Å². The van der Waals surface area contributed by atoms with E-state index in [4.69, 9.17) is 11.6 Å². The zero-order chi connectivity index (χ0) is 22.7. The van der Waals surface area contributed by atoms with Crippen molar-refractivity contribution in [2.75, 3.05) is 5.32 Å². The zero-order valence-corrected chi connectivity index (χ0v) is 16.8. The highest BCUT2D eigenvalue weighted by molar-refractivity contribution is 6.32. The van der Waals surface area contributed by atoms with Crippen molar-refractivity contribution in [1.82, 2.24) is 4.98 Å². The molecule has 0 unspecified atom stereocenters. The molecule has 0 radical (unpaired) electrons. The Kier molecular flexibility index (Phi) is 4.94. The van der Waals surface area contributed by atoms with E-state index in [1.54, 1.807) is 0 Å². The molecular weight excluding hydrogens is 440 g/mol. The van der Waals surface area contributed by atoms with Crippen LogP contribution in [0, 0.1) is 5.82 Å². The molecule has 0 aliphatic heterocycles. The van der Waals surface area contributed by atoms with Crippen LogP contribution in [0.4, 0.5) is 23.2 Å². The van der Waals surface area contributed by atoms with Gasteiger partial charge < -0.3 is 20.5 Å². The van der Waals surface area contributed by atoms with Crippen LogP contribution in [0.5, 0.6) is 5.75 Å². The number of nitrogens with one attached hydrogen (secondary N) is 2. The smallest absolute Gasteiger partial charge is 0.419 e. The number of pyridine rings is 1. The zero-order valence-electron chi connectivity index (χ0n) is 16.0. The standard InChI is InChI=1S/C21H17ClF4N2O3/c1-9-8-20(31,21(24,25)26)19(12-2-4-13(22)18(30)17(9)12)28-15-7-10(23)6-14-11(15)3-5-16(29)27-14/h2-7,9,19,28,30-31H,8H2,1H3,(H,27,29)/t9-,19-,20+/m1/s1. The summed E-state index contributed by atoms with van der Waals surface area (Å²) in [4.78, 5) is 14.0. The number of fused-ring (bicyclic) bond motifs is 2. The fraction of sp³-hybridized carbons (Fsp3) is 0.286. The Morgan fingerprint density at radius 1 is 1.23 bits per heavy atom. The van der Waals surface area contributed by atoms with Crippen LogP contribution in [-0.4, -0.2) is 27.0 Å². The molecule has 2 aromatic carbocycles. The molecule has 0 amide bonds. The van der Waals surface area contributed by atoms with E-state index < -0.39 is 41.5 Å². The molecule has 3 aromatic rings. The van der Waals surface area contributed by atoms with Crippen molar-refractivity contribution in [1.29, 1.82) is 0 Å². The Balaban J connectivity index is 1.95. The van der Waals surface area contributed by atoms with Gasteiger partial charge in [0, 0.05) is 22.7 Å². The Morgan fingerprint density at radius 2 is 1.94 bits per heavy atom. The first-order chi connectivity index (χ1) is 14.4. The van der Waals surface area contributed by atoms with Gasteiger partial charge in [0.2, 0.25) is 5.56 Å². The van der Waals surface area contributed by atoms with Crippen LogP contribution < -0.4 is 10.9 Å². The van der Waals surface area contributed by atoms with Gasteiger partial charge in [0.05, 0.1) is 16.6 Å². The first kappa shape index (κ1) is 21.5. The molecular formula is C21H17ClF4N2O3. The molecule has 0 bridgehead atoms. The maximum atomic E-state index is 14.2. The normalized spacial score (nSPS) is 23.6. The van der Waals surface area contributed by atoms with E-state index in [2.05, 4.69) is 10.3 Å². The predicted octanol–water partition coefficient (Wildman–Crippen LogP) is 4.98. The number of aromatic nitrogens is 1. The number of H-pyrrole nitrogens is 1. The van der Waals surface area contributed by atoms with E-state index in [-0.39, 0.29) is 38.5 Å². The van der Waals surface area contributed by atoms with Gasteiger partial charge in [-0.25, -0.2) is 4.39 Å². The first-order valence-corrected chi connectivity index (χ1v) is 9.69. The molecule has 1 aliphatic rings. The van der Waals surface area contributed by atoms with E-state index >= 15 is 0 Å². The Morgan fingerprint density at radius 3 is 2.61 bits per heavy atom. The molecule has 0 saturated carbocycles.